The van der Waals surface area contributed by atoms with Crippen molar-refractivity contribution < 1.29 is 23.9 Å². The average molecular weight is 976 g/mol. The molecular formula is C62H122N2O5. The first kappa shape index (κ1) is 67.4. The Balaban J connectivity index is 5.24. The van der Waals surface area contributed by atoms with Gasteiger partial charge in [0.05, 0.1) is 6.61 Å². The van der Waals surface area contributed by atoms with Gasteiger partial charge in [-0.3, -0.25) is 14.4 Å². The number of rotatable bonds is 55. The van der Waals surface area contributed by atoms with Crippen molar-refractivity contribution in [3.8, 4) is 0 Å². The molecule has 0 bridgehead atoms. The first-order valence-corrected chi connectivity index (χ1v) is 31.0. The minimum Gasteiger partial charge on any atom is -0.466 e. The summed E-state index contributed by atoms with van der Waals surface area (Å²) in [7, 11) is 4.19. The zero-order valence-corrected chi connectivity index (χ0v) is 47.8. The van der Waals surface area contributed by atoms with Crippen molar-refractivity contribution in [1.82, 2.24) is 9.80 Å². The second kappa shape index (κ2) is 52.7. The molecule has 0 spiro atoms. The monoisotopic (exact) mass is 975 g/mol. The van der Waals surface area contributed by atoms with Gasteiger partial charge in [-0.15, -0.1) is 0 Å². The molecule has 0 aliphatic heterocycles. The van der Waals surface area contributed by atoms with Crippen molar-refractivity contribution in [3.63, 3.8) is 0 Å². The molecule has 69 heavy (non-hydrogen) atoms. The Morgan fingerprint density at radius 1 is 0.362 bits per heavy atom. The Morgan fingerprint density at radius 3 is 1.20 bits per heavy atom. The predicted molar refractivity (Wildman–Crippen MR) is 299 cm³/mol. The van der Waals surface area contributed by atoms with E-state index in [2.05, 4.69) is 58.5 Å². The normalized spacial score (nSPS) is 12.1. The minimum atomic E-state index is -0.0275. The van der Waals surface area contributed by atoms with Crippen LogP contribution in [0.5, 0.6) is 0 Å². The van der Waals surface area contributed by atoms with Gasteiger partial charge >= 0.3 is 11.9 Å². The molecule has 1 amide bonds. The molecule has 0 saturated carbocycles. The van der Waals surface area contributed by atoms with E-state index in [0.717, 1.165) is 109 Å². The highest BCUT2D eigenvalue weighted by Gasteiger charge is 2.23. The SMILES string of the molecule is CCCCCCCCCCC(CCCCCCC(=O)OC(CCCCCCCC)CCCCCCCC)N(CCCCCCCC(=O)OCCC(CCCCC)CCCCC)C(=O)CCCN(C)C. The lowest BCUT2D eigenvalue weighted by Gasteiger charge is -2.33. The van der Waals surface area contributed by atoms with Crippen LogP contribution in [0.15, 0.2) is 0 Å². The molecule has 0 saturated heterocycles. The van der Waals surface area contributed by atoms with Gasteiger partial charge in [-0.25, -0.2) is 0 Å². The van der Waals surface area contributed by atoms with Gasteiger partial charge in [0, 0.05) is 31.8 Å². The number of unbranched alkanes of at least 4 members (excludes halogenated alkanes) is 28. The topological polar surface area (TPSA) is 76.1 Å². The number of amides is 1. The molecule has 0 heterocycles. The van der Waals surface area contributed by atoms with Crippen LogP contribution in [-0.4, -0.2) is 73.6 Å². The Kier molecular flexibility index (Phi) is 51.4. The van der Waals surface area contributed by atoms with E-state index < -0.39 is 0 Å². The van der Waals surface area contributed by atoms with Gasteiger partial charge in [-0.1, -0.05) is 240 Å². The van der Waals surface area contributed by atoms with E-state index in [9.17, 15) is 14.4 Å². The summed E-state index contributed by atoms with van der Waals surface area (Å²) in [4.78, 5) is 44.3. The molecule has 0 aromatic rings. The minimum absolute atomic E-state index is 0.00801. The molecule has 410 valence electrons. The van der Waals surface area contributed by atoms with Gasteiger partial charge in [0.25, 0.3) is 0 Å². The Morgan fingerprint density at radius 2 is 0.739 bits per heavy atom. The van der Waals surface area contributed by atoms with E-state index in [1.54, 1.807) is 0 Å². The van der Waals surface area contributed by atoms with Crippen LogP contribution in [-0.2, 0) is 23.9 Å². The van der Waals surface area contributed by atoms with Crippen molar-refractivity contribution in [3.05, 3.63) is 0 Å². The first-order chi connectivity index (χ1) is 33.7. The Bertz CT molecular complexity index is 1070. The van der Waals surface area contributed by atoms with Crippen molar-refractivity contribution >= 4 is 17.8 Å². The Labute approximate surface area is 431 Å². The number of esters is 2. The summed E-state index contributed by atoms with van der Waals surface area (Å²) in [6.07, 6.45) is 53.1. The summed E-state index contributed by atoms with van der Waals surface area (Å²) < 4.78 is 11.9. The summed E-state index contributed by atoms with van der Waals surface area (Å²) in [6.45, 7) is 13.7. The van der Waals surface area contributed by atoms with E-state index in [0.29, 0.717) is 43.7 Å². The zero-order chi connectivity index (χ0) is 50.7. The fourth-order valence-corrected chi connectivity index (χ4v) is 10.3. The van der Waals surface area contributed by atoms with Crippen LogP contribution >= 0.6 is 0 Å². The van der Waals surface area contributed by atoms with E-state index in [1.807, 2.05) is 0 Å². The van der Waals surface area contributed by atoms with E-state index in [4.69, 9.17) is 9.47 Å². The van der Waals surface area contributed by atoms with Crippen LogP contribution in [0.25, 0.3) is 0 Å². The third-order valence-electron chi connectivity index (χ3n) is 14.9. The highest BCUT2D eigenvalue weighted by Crippen LogP contribution is 2.24. The van der Waals surface area contributed by atoms with Gasteiger partial charge in [0.1, 0.15) is 6.10 Å². The lowest BCUT2D eigenvalue weighted by molar-refractivity contribution is -0.150. The maximum absolute atomic E-state index is 14.1. The smallest absolute Gasteiger partial charge is 0.306 e. The quantitative estimate of drug-likeness (QED) is 0.0446. The summed E-state index contributed by atoms with van der Waals surface area (Å²) >= 11 is 0. The van der Waals surface area contributed by atoms with E-state index in [1.165, 1.54) is 180 Å². The molecule has 7 nitrogen and oxygen atoms in total. The Hall–Kier alpha value is -1.63. The molecule has 0 aliphatic carbocycles. The summed E-state index contributed by atoms with van der Waals surface area (Å²) in [5, 5.41) is 0. The van der Waals surface area contributed by atoms with E-state index >= 15 is 0 Å². The first-order valence-electron chi connectivity index (χ1n) is 31.0. The molecule has 0 rings (SSSR count). The van der Waals surface area contributed by atoms with Crippen molar-refractivity contribution in [1.29, 1.82) is 0 Å². The van der Waals surface area contributed by atoms with Gasteiger partial charge in [-0.05, 0) is 97.2 Å². The highest BCUT2D eigenvalue weighted by molar-refractivity contribution is 5.76. The number of carbonyl (C=O) groups is 3. The number of nitrogens with zero attached hydrogens (tertiary/aromatic N) is 2. The van der Waals surface area contributed by atoms with Gasteiger partial charge < -0.3 is 19.3 Å². The highest BCUT2D eigenvalue weighted by atomic mass is 16.5. The fraction of sp³-hybridized carbons (Fsp3) is 0.952. The molecule has 0 aromatic carbocycles. The molecule has 0 N–H and O–H groups in total. The van der Waals surface area contributed by atoms with Gasteiger partial charge in [0.2, 0.25) is 5.91 Å². The van der Waals surface area contributed by atoms with Crippen molar-refractivity contribution in [2.45, 2.75) is 342 Å². The summed E-state index contributed by atoms with van der Waals surface area (Å²) in [5.74, 6) is 1.00. The van der Waals surface area contributed by atoms with Crippen LogP contribution < -0.4 is 0 Å². The number of hydrogen-bond acceptors (Lipinski definition) is 6. The largest absolute Gasteiger partial charge is 0.466 e. The zero-order valence-electron chi connectivity index (χ0n) is 47.8. The number of hydrogen-bond donors (Lipinski definition) is 0. The molecular weight excluding hydrogens is 853 g/mol. The number of carbonyl (C=O) groups excluding carboxylic acids is 3. The lowest BCUT2D eigenvalue weighted by Crippen LogP contribution is -2.41. The third-order valence-corrected chi connectivity index (χ3v) is 14.9. The average Bonchev–Trinajstić information content (AvgIpc) is 3.33. The maximum Gasteiger partial charge on any atom is 0.306 e. The van der Waals surface area contributed by atoms with Crippen molar-refractivity contribution in [2.24, 2.45) is 5.92 Å². The fourth-order valence-electron chi connectivity index (χ4n) is 10.3. The molecule has 1 atom stereocenters. The standard InChI is InChI=1S/C62H122N2O5/c1-8-13-18-21-24-25-27-36-46-58(47-37-31-32-41-52-62(67)69-59(48-38-28-22-19-14-9-2)49-39-29-23-20-15-10-3)64(60(65)50-43-54-63(6)7)55-42-33-26-30-40-51-61(66)68-56-53-57(44-34-16-11-4)45-35-17-12-5/h57-59H,8-56H2,1-7H3. The van der Waals surface area contributed by atoms with Crippen LogP contribution in [0.4, 0.5) is 0 Å². The van der Waals surface area contributed by atoms with Crippen molar-refractivity contribution in [2.75, 3.05) is 33.8 Å². The molecule has 0 aliphatic rings. The summed E-state index contributed by atoms with van der Waals surface area (Å²) in [6, 6.07) is 0.291. The second-order valence-corrected chi connectivity index (χ2v) is 22.0. The molecule has 1 unspecified atom stereocenters. The third kappa shape index (κ3) is 45.9. The lowest BCUT2D eigenvalue weighted by atomic mass is 9.92. The van der Waals surface area contributed by atoms with E-state index in [-0.39, 0.29) is 18.0 Å². The number of ether oxygens (including phenoxy) is 2. The maximum atomic E-state index is 14.1. The van der Waals surface area contributed by atoms with Crippen LogP contribution in [0.2, 0.25) is 0 Å². The molecule has 0 fully saturated rings. The molecule has 0 radical (unpaired) electrons. The predicted octanol–water partition coefficient (Wildman–Crippen LogP) is 18.9. The van der Waals surface area contributed by atoms with Crippen LogP contribution in [0, 0.1) is 5.92 Å². The molecule has 0 aromatic heterocycles. The van der Waals surface area contributed by atoms with Crippen LogP contribution in [0.3, 0.4) is 0 Å². The van der Waals surface area contributed by atoms with Gasteiger partial charge in [-0.2, -0.15) is 0 Å². The second-order valence-electron chi connectivity index (χ2n) is 22.0. The summed E-state index contributed by atoms with van der Waals surface area (Å²) in [5.41, 5.74) is 0. The molecule has 7 heteroatoms. The van der Waals surface area contributed by atoms with Crippen LogP contribution in [0.1, 0.15) is 330 Å². The van der Waals surface area contributed by atoms with Gasteiger partial charge in [0.15, 0.2) is 0 Å².